The maximum absolute atomic E-state index is 6.50. The Morgan fingerprint density at radius 3 is 2.00 bits per heavy atom. The van der Waals surface area contributed by atoms with Crippen molar-refractivity contribution in [2.75, 3.05) is 0 Å². The molecule has 0 unspecified atom stereocenters. The average molecular weight is 596 g/mol. The van der Waals surface area contributed by atoms with Gasteiger partial charge < -0.3 is 4.74 Å². The fraction of sp³-hybridized carbons (Fsp3) is 0.0750. The van der Waals surface area contributed by atoms with E-state index in [1.54, 1.807) is 0 Å². The molecule has 6 nitrogen and oxygen atoms in total. The molecular weight excluding hydrogens is 566 g/mol. The van der Waals surface area contributed by atoms with Crippen molar-refractivity contribution >= 4 is 49.3 Å². The minimum atomic E-state index is 0.525. The number of hydrogen-bond donors (Lipinski definition) is 0. The van der Waals surface area contributed by atoms with Crippen LogP contribution in [0.3, 0.4) is 0 Å². The van der Waals surface area contributed by atoms with E-state index in [0.29, 0.717) is 11.6 Å². The number of nitrogens with zero attached hydrogens (tertiary/aromatic N) is 5. The Kier molecular flexibility index (Phi) is 5.74. The molecule has 4 aromatic heterocycles. The minimum absolute atomic E-state index is 0.525. The Morgan fingerprint density at radius 2 is 1.22 bits per heavy atom. The van der Waals surface area contributed by atoms with Crippen LogP contribution in [0.2, 0.25) is 0 Å². The summed E-state index contributed by atoms with van der Waals surface area (Å²) in [6.45, 7) is 6.42. The smallest absolute Gasteiger partial charge is 0.221 e. The number of hydrogen-bond acceptors (Lipinski definition) is 4. The molecule has 0 saturated heterocycles. The van der Waals surface area contributed by atoms with E-state index >= 15 is 0 Å². The molecule has 0 fully saturated rings. The van der Waals surface area contributed by atoms with Gasteiger partial charge in [0.1, 0.15) is 11.4 Å². The van der Waals surface area contributed by atoms with Crippen LogP contribution in [0.25, 0.3) is 66.3 Å². The fourth-order valence-corrected chi connectivity index (χ4v) is 7.12. The molecule has 0 saturated carbocycles. The third-order valence-electron chi connectivity index (χ3n) is 8.96. The molecule has 0 radical (unpaired) electrons. The number of fused-ring (bicyclic) bond motifs is 9. The number of ether oxygens (including phenoxy) is 1. The molecule has 46 heavy (non-hydrogen) atoms. The van der Waals surface area contributed by atoms with Crippen molar-refractivity contribution in [3.8, 4) is 28.7 Å². The molecule has 0 aliphatic rings. The highest BCUT2D eigenvalue weighted by molar-refractivity contribution is 6.12. The molecule has 5 aromatic carbocycles. The summed E-state index contributed by atoms with van der Waals surface area (Å²) in [6.07, 6.45) is 0. The first-order valence-electron chi connectivity index (χ1n) is 15.5. The summed E-state index contributed by atoms with van der Waals surface area (Å²) in [5, 5.41) is 15.0. The van der Waals surface area contributed by atoms with Gasteiger partial charge in [-0.1, -0.05) is 72.3 Å². The number of benzene rings is 5. The van der Waals surface area contributed by atoms with Gasteiger partial charge in [-0.3, -0.25) is 8.97 Å². The van der Waals surface area contributed by atoms with Crippen molar-refractivity contribution in [3.05, 3.63) is 138 Å². The van der Waals surface area contributed by atoms with Crippen LogP contribution in [0.1, 0.15) is 16.7 Å². The third-order valence-corrected chi connectivity index (χ3v) is 8.96. The molecule has 220 valence electrons. The van der Waals surface area contributed by atoms with E-state index in [0.717, 1.165) is 66.3 Å². The topological polar surface area (TPSA) is 57.2 Å². The normalized spacial score (nSPS) is 11.8. The molecule has 0 bridgehead atoms. The highest BCUT2D eigenvalue weighted by Gasteiger charge is 2.20. The Hall–Kier alpha value is -6.01. The monoisotopic (exact) mass is 595 g/mol. The predicted octanol–water partition coefficient (Wildman–Crippen LogP) is 9.91. The van der Waals surface area contributed by atoms with E-state index in [2.05, 4.69) is 121 Å². The Labute approximate surface area is 265 Å². The lowest BCUT2D eigenvalue weighted by Gasteiger charge is -2.14. The van der Waals surface area contributed by atoms with Crippen LogP contribution >= 0.6 is 0 Å². The Bertz CT molecular complexity index is 2630. The highest BCUT2D eigenvalue weighted by atomic mass is 16.5. The average Bonchev–Trinajstić information content (AvgIpc) is 3.65. The van der Waals surface area contributed by atoms with Gasteiger partial charge >= 0.3 is 0 Å². The van der Waals surface area contributed by atoms with Gasteiger partial charge in [-0.25, -0.2) is 0 Å². The molecular formula is C40H29N5O. The fourth-order valence-electron chi connectivity index (χ4n) is 7.12. The summed E-state index contributed by atoms with van der Waals surface area (Å²) < 4.78 is 10.9. The zero-order valence-electron chi connectivity index (χ0n) is 25.7. The van der Waals surface area contributed by atoms with Gasteiger partial charge in [0.05, 0.1) is 11.0 Å². The van der Waals surface area contributed by atoms with Crippen LogP contribution in [-0.4, -0.2) is 24.1 Å². The van der Waals surface area contributed by atoms with Crippen molar-refractivity contribution < 1.29 is 4.74 Å². The molecule has 4 heterocycles. The zero-order chi connectivity index (χ0) is 30.9. The standard InChI is InChI=1S/C40H29N5O/c1-24-21-25(2)37(26(3)22-24)40-43-42-39-33-23-28(17-18-29(33)30-13-7-10-16-35(30)45(39)40)46-36-20-19-32-31-14-8-9-15-34(31)44(38(32)41-36)27-11-5-4-6-12-27/h4-23H,1-3H3. The van der Waals surface area contributed by atoms with Crippen LogP contribution in [0.5, 0.6) is 11.6 Å². The lowest BCUT2D eigenvalue weighted by molar-refractivity contribution is 0.465. The summed E-state index contributed by atoms with van der Waals surface area (Å²) in [5.74, 6) is 2.05. The maximum Gasteiger partial charge on any atom is 0.221 e. The number of pyridine rings is 2. The number of rotatable bonds is 4. The van der Waals surface area contributed by atoms with Gasteiger partial charge in [0.25, 0.3) is 0 Å². The Balaban J connectivity index is 1.22. The molecule has 0 aliphatic carbocycles. The maximum atomic E-state index is 6.50. The minimum Gasteiger partial charge on any atom is -0.439 e. The highest BCUT2D eigenvalue weighted by Crippen LogP contribution is 2.37. The van der Waals surface area contributed by atoms with Crippen molar-refractivity contribution in [3.63, 3.8) is 0 Å². The largest absolute Gasteiger partial charge is 0.439 e. The van der Waals surface area contributed by atoms with Crippen molar-refractivity contribution in [1.29, 1.82) is 0 Å². The second kappa shape index (κ2) is 10.0. The van der Waals surface area contributed by atoms with Crippen LogP contribution in [0.4, 0.5) is 0 Å². The molecule has 0 atom stereocenters. The molecule has 0 spiro atoms. The lowest BCUT2D eigenvalue weighted by atomic mass is 9.99. The van der Waals surface area contributed by atoms with E-state index in [4.69, 9.17) is 19.9 Å². The van der Waals surface area contributed by atoms with Gasteiger partial charge in [-0.2, -0.15) is 4.98 Å². The quantitative estimate of drug-likeness (QED) is 0.190. The van der Waals surface area contributed by atoms with Gasteiger partial charge in [-0.05, 0) is 85.8 Å². The van der Waals surface area contributed by atoms with Gasteiger partial charge in [0, 0.05) is 38.9 Å². The summed E-state index contributed by atoms with van der Waals surface area (Å²) in [5.41, 5.74) is 9.59. The predicted molar refractivity (Wildman–Crippen MR) is 186 cm³/mol. The molecule has 6 heteroatoms. The van der Waals surface area contributed by atoms with Crippen molar-refractivity contribution in [2.45, 2.75) is 20.8 Å². The lowest BCUT2D eigenvalue weighted by Crippen LogP contribution is -1.98. The molecule has 0 N–H and O–H groups in total. The van der Waals surface area contributed by atoms with Crippen LogP contribution in [0.15, 0.2) is 121 Å². The number of aromatic nitrogens is 5. The molecule has 9 rings (SSSR count). The van der Waals surface area contributed by atoms with E-state index in [9.17, 15) is 0 Å². The van der Waals surface area contributed by atoms with E-state index in [-0.39, 0.29) is 0 Å². The Morgan fingerprint density at radius 1 is 0.543 bits per heavy atom. The van der Waals surface area contributed by atoms with Gasteiger partial charge in [-0.15, -0.1) is 10.2 Å². The first kappa shape index (κ1) is 26.4. The van der Waals surface area contributed by atoms with E-state index in [1.807, 2.05) is 30.3 Å². The molecule has 0 amide bonds. The third kappa shape index (κ3) is 3.93. The first-order valence-corrected chi connectivity index (χ1v) is 15.5. The van der Waals surface area contributed by atoms with Crippen molar-refractivity contribution in [2.24, 2.45) is 0 Å². The van der Waals surface area contributed by atoms with E-state index < -0.39 is 0 Å². The van der Waals surface area contributed by atoms with E-state index in [1.165, 1.54) is 16.7 Å². The zero-order valence-corrected chi connectivity index (χ0v) is 25.7. The van der Waals surface area contributed by atoms with Crippen LogP contribution in [-0.2, 0) is 0 Å². The summed E-state index contributed by atoms with van der Waals surface area (Å²) >= 11 is 0. The second-order valence-electron chi connectivity index (χ2n) is 12.0. The van der Waals surface area contributed by atoms with Crippen LogP contribution in [0, 0.1) is 20.8 Å². The number of para-hydroxylation sites is 3. The van der Waals surface area contributed by atoms with Gasteiger partial charge in [0.2, 0.25) is 5.88 Å². The van der Waals surface area contributed by atoms with Crippen LogP contribution < -0.4 is 4.74 Å². The van der Waals surface area contributed by atoms with Gasteiger partial charge in [0.15, 0.2) is 11.5 Å². The second-order valence-corrected chi connectivity index (χ2v) is 12.0. The summed E-state index contributed by atoms with van der Waals surface area (Å²) in [6, 6.07) is 41.8. The summed E-state index contributed by atoms with van der Waals surface area (Å²) in [4.78, 5) is 5.05. The summed E-state index contributed by atoms with van der Waals surface area (Å²) in [7, 11) is 0. The molecule has 9 aromatic rings. The van der Waals surface area contributed by atoms with Crippen molar-refractivity contribution in [1.82, 2.24) is 24.1 Å². The number of aryl methyl sites for hydroxylation is 3. The SMILES string of the molecule is Cc1cc(C)c(-c2nnc3c4cc(Oc5ccc6c7ccccc7n(-c7ccccc7)c6n5)ccc4c4ccccc4n23)c(C)c1. The first-order chi connectivity index (χ1) is 22.5. The molecule has 0 aliphatic heterocycles.